The van der Waals surface area contributed by atoms with E-state index in [-0.39, 0.29) is 5.75 Å². The van der Waals surface area contributed by atoms with Gasteiger partial charge in [0, 0.05) is 13.1 Å². The van der Waals surface area contributed by atoms with Crippen molar-refractivity contribution in [2.45, 2.75) is 45.3 Å². The number of nitrogens with zero attached hydrogens (tertiary/aromatic N) is 1. The van der Waals surface area contributed by atoms with Gasteiger partial charge in [-0.15, -0.1) is 0 Å². The molecule has 0 atom stereocenters. The van der Waals surface area contributed by atoms with Gasteiger partial charge in [-0.1, -0.05) is 57.0 Å². The van der Waals surface area contributed by atoms with Crippen molar-refractivity contribution in [1.29, 1.82) is 0 Å². The van der Waals surface area contributed by atoms with Gasteiger partial charge in [-0.3, -0.25) is 0 Å². The van der Waals surface area contributed by atoms with Gasteiger partial charge in [0.1, 0.15) is 0 Å². The first kappa shape index (κ1) is 16.2. The summed E-state index contributed by atoms with van der Waals surface area (Å²) in [5, 5.41) is 0. The first-order valence-corrected chi connectivity index (χ1v) is 8.72. The summed E-state index contributed by atoms with van der Waals surface area (Å²) < 4.78 is 26.5. The molecule has 0 radical (unpaired) electrons. The number of unbranched alkanes of at least 4 members (excludes halogenated alkanes) is 2. The van der Waals surface area contributed by atoms with Crippen molar-refractivity contribution in [3.63, 3.8) is 0 Å². The zero-order valence-corrected chi connectivity index (χ0v) is 12.8. The van der Waals surface area contributed by atoms with E-state index in [1.807, 2.05) is 30.3 Å². The molecule has 0 N–H and O–H groups in total. The molecule has 0 aliphatic heterocycles. The van der Waals surface area contributed by atoms with Crippen molar-refractivity contribution in [2.75, 3.05) is 13.1 Å². The van der Waals surface area contributed by atoms with Crippen LogP contribution >= 0.6 is 0 Å². The molecule has 1 rings (SSSR count). The molecular formula is C15H25NO2S. The number of sulfonamides is 1. The summed E-state index contributed by atoms with van der Waals surface area (Å²) in [4.78, 5) is 0. The highest BCUT2D eigenvalue weighted by molar-refractivity contribution is 7.88. The van der Waals surface area contributed by atoms with Gasteiger partial charge in [-0.25, -0.2) is 12.7 Å². The summed E-state index contributed by atoms with van der Waals surface area (Å²) in [6.07, 6.45) is 3.89. The summed E-state index contributed by atoms with van der Waals surface area (Å²) in [6, 6.07) is 9.41. The number of hydrogen-bond donors (Lipinski definition) is 0. The Labute approximate surface area is 117 Å². The van der Waals surface area contributed by atoms with E-state index in [1.165, 1.54) is 0 Å². The molecule has 0 saturated heterocycles. The molecule has 0 aromatic heterocycles. The van der Waals surface area contributed by atoms with Gasteiger partial charge >= 0.3 is 0 Å². The van der Waals surface area contributed by atoms with Crippen LogP contribution in [0, 0.1) is 0 Å². The molecule has 0 fully saturated rings. The average Bonchev–Trinajstić information content (AvgIpc) is 2.39. The van der Waals surface area contributed by atoms with Crippen molar-refractivity contribution in [3.8, 4) is 0 Å². The van der Waals surface area contributed by atoms with Gasteiger partial charge in [0.15, 0.2) is 0 Å². The van der Waals surface area contributed by atoms with Crippen LogP contribution in [-0.4, -0.2) is 25.8 Å². The summed E-state index contributed by atoms with van der Waals surface area (Å²) >= 11 is 0. The lowest BCUT2D eigenvalue weighted by molar-refractivity contribution is 0.394. The zero-order valence-electron chi connectivity index (χ0n) is 12.0. The Morgan fingerprint density at radius 3 is 1.95 bits per heavy atom. The maximum Gasteiger partial charge on any atom is 0.218 e. The van der Waals surface area contributed by atoms with Crippen LogP contribution in [0.3, 0.4) is 0 Å². The minimum absolute atomic E-state index is 0.112. The van der Waals surface area contributed by atoms with Crippen LogP contribution in [0.25, 0.3) is 0 Å². The Hall–Kier alpha value is -0.870. The molecule has 0 spiro atoms. The highest BCUT2D eigenvalue weighted by Crippen LogP contribution is 2.13. The van der Waals surface area contributed by atoms with E-state index in [1.54, 1.807) is 4.31 Å². The standard InChI is InChI=1S/C15H25NO2S/c1-3-5-12-16(13-6-4-2)19(17,18)14-15-10-8-7-9-11-15/h7-11H,3-6,12-14H2,1-2H3. The molecule has 0 aliphatic carbocycles. The Bertz CT molecular complexity index is 434. The van der Waals surface area contributed by atoms with E-state index < -0.39 is 10.0 Å². The Balaban J connectivity index is 2.74. The SMILES string of the molecule is CCCCN(CCCC)S(=O)(=O)Cc1ccccc1. The smallest absolute Gasteiger partial charge is 0.212 e. The molecule has 1 aromatic carbocycles. The molecule has 0 amide bonds. The highest BCUT2D eigenvalue weighted by atomic mass is 32.2. The molecule has 0 heterocycles. The molecule has 3 nitrogen and oxygen atoms in total. The van der Waals surface area contributed by atoms with Gasteiger partial charge in [-0.05, 0) is 18.4 Å². The predicted octanol–water partition coefficient (Wildman–Crippen LogP) is 3.42. The molecule has 4 heteroatoms. The average molecular weight is 283 g/mol. The maximum atomic E-state index is 12.4. The number of benzene rings is 1. The lowest BCUT2D eigenvalue weighted by atomic mass is 10.2. The lowest BCUT2D eigenvalue weighted by Gasteiger charge is -2.21. The fourth-order valence-electron chi connectivity index (χ4n) is 1.94. The minimum Gasteiger partial charge on any atom is -0.212 e. The van der Waals surface area contributed by atoms with Crippen LogP contribution in [0.5, 0.6) is 0 Å². The second-order valence-corrected chi connectivity index (χ2v) is 6.82. The quantitative estimate of drug-likeness (QED) is 0.696. The monoisotopic (exact) mass is 283 g/mol. The molecular weight excluding hydrogens is 258 g/mol. The van der Waals surface area contributed by atoms with E-state index >= 15 is 0 Å². The first-order chi connectivity index (χ1) is 9.10. The van der Waals surface area contributed by atoms with Crippen LogP contribution in [0.4, 0.5) is 0 Å². The summed E-state index contributed by atoms with van der Waals surface area (Å²) in [7, 11) is -3.19. The van der Waals surface area contributed by atoms with E-state index in [2.05, 4.69) is 13.8 Å². The van der Waals surface area contributed by atoms with E-state index in [0.717, 1.165) is 31.2 Å². The lowest BCUT2D eigenvalue weighted by Crippen LogP contribution is -2.34. The fraction of sp³-hybridized carbons (Fsp3) is 0.600. The minimum atomic E-state index is -3.19. The van der Waals surface area contributed by atoms with Crippen LogP contribution < -0.4 is 0 Å². The molecule has 108 valence electrons. The molecule has 0 saturated carbocycles. The first-order valence-electron chi connectivity index (χ1n) is 7.12. The topological polar surface area (TPSA) is 37.4 Å². The Kier molecular flexibility index (Phi) is 7.10. The Morgan fingerprint density at radius 2 is 1.47 bits per heavy atom. The molecule has 1 aromatic rings. The number of hydrogen-bond acceptors (Lipinski definition) is 2. The van der Waals surface area contributed by atoms with Crippen LogP contribution in [0.1, 0.15) is 45.1 Å². The van der Waals surface area contributed by atoms with Crippen LogP contribution in [0.15, 0.2) is 30.3 Å². The summed E-state index contributed by atoms with van der Waals surface area (Å²) in [5.74, 6) is 0.112. The maximum absolute atomic E-state index is 12.4. The zero-order chi connectivity index (χ0) is 14.1. The number of rotatable bonds is 9. The molecule has 0 unspecified atom stereocenters. The summed E-state index contributed by atoms with van der Waals surface area (Å²) in [6.45, 7) is 5.46. The van der Waals surface area contributed by atoms with Crippen LogP contribution in [-0.2, 0) is 15.8 Å². The van der Waals surface area contributed by atoms with Crippen molar-refractivity contribution < 1.29 is 8.42 Å². The summed E-state index contributed by atoms with van der Waals surface area (Å²) in [5.41, 5.74) is 0.862. The third kappa shape index (κ3) is 5.74. The molecule has 0 aliphatic rings. The van der Waals surface area contributed by atoms with Crippen molar-refractivity contribution in [2.24, 2.45) is 0 Å². The Morgan fingerprint density at radius 1 is 0.947 bits per heavy atom. The van der Waals surface area contributed by atoms with Crippen molar-refractivity contribution >= 4 is 10.0 Å². The van der Waals surface area contributed by atoms with E-state index in [0.29, 0.717) is 13.1 Å². The van der Waals surface area contributed by atoms with Crippen LogP contribution in [0.2, 0.25) is 0 Å². The van der Waals surface area contributed by atoms with Gasteiger partial charge in [0.05, 0.1) is 5.75 Å². The van der Waals surface area contributed by atoms with Gasteiger partial charge in [0.25, 0.3) is 0 Å². The predicted molar refractivity (Wildman–Crippen MR) is 80.5 cm³/mol. The highest BCUT2D eigenvalue weighted by Gasteiger charge is 2.21. The molecule has 0 bridgehead atoms. The van der Waals surface area contributed by atoms with Crippen molar-refractivity contribution in [1.82, 2.24) is 4.31 Å². The van der Waals surface area contributed by atoms with Crippen molar-refractivity contribution in [3.05, 3.63) is 35.9 Å². The normalized spacial score (nSPS) is 11.9. The fourth-order valence-corrected chi connectivity index (χ4v) is 3.55. The van der Waals surface area contributed by atoms with Gasteiger partial charge in [-0.2, -0.15) is 0 Å². The van der Waals surface area contributed by atoms with Gasteiger partial charge < -0.3 is 0 Å². The second kappa shape index (κ2) is 8.33. The molecule has 19 heavy (non-hydrogen) atoms. The van der Waals surface area contributed by atoms with Gasteiger partial charge in [0.2, 0.25) is 10.0 Å². The van der Waals surface area contributed by atoms with E-state index in [9.17, 15) is 8.42 Å². The third-order valence-corrected chi connectivity index (χ3v) is 4.96. The largest absolute Gasteiger partial charge is 0.218 e. The third-order valence-electron chi connectivity index (χ3n) is 3.11. The van der Waals surface area contributed by atoms with E-state index in [4.69, 9.17) is 0 Å². The second-order valence-electron chi connectivity index (χ2n) is 4.85.